The summed E-state index contributed by atoms with van der Waals surface area (Å²) < 4.78 is 14.6. The van der Waals surface area contributed by atoms with Crippen molar-refractivity contribution in [1.82, 2.24) is 9.78 Å². The number of fused-ring (bicyclic) bond motifs is 1. The fraction of sp³-hybridized carbons (Fsp3) is 0.700. The van der Waals surface area contributed by atoms with Gasteiger partial charge in [0.05, 0.1) is 17.9 Å². The molecule has 0 saturated heterocycles. The van der Waals surface area contributed by atoms with Gasteiger partial charge >= 0.3 is 0 Å². The van der Waals surface area contributed by atoms with Crippen LogP contribution >= 0.6 is 0 Å². The third kappa shape index (κ3) is 1.54. The summed E-state index contributed by atoms with van der Waals surface area (Å²) in [5.41, 5.74) is 8.45. The van der Waals surface area contributed by atoms with Crippen molar-refractivity contribution in [2.75, 3.05) is 6.54 Å². The van der Waals surface area contributed by atoms with E-state index in [-0.39, 0.29) is 0 Å². The highest BCUT2D eigenvalue weighted by Gasteiger charge is 2.19. The first kappa shape index (κ1) is 9.65. The van der Waals surface area contributed by atoms with E-state index in [0.717, 1.165) is 36.2 Å². The average Bonchev–Trinajstić information content (AvgIpc) is 2.55. The normalized spacial score (nSPS) is 15.6. The fourth-order valence-electron chi connectivity index (χ4n) is 2.13. The summed E-state index contributed by atoms with van der Waals surface area (Å²) >= 11 is 0. The van der Waals surface area contributed by atoms with Crippen LogP contribution < -0.4 is 5.73 Å². The monoisotopic (exact) mass is 197 g/mol. The molecule has 1 aliphatic carbocycles. The lowest BCUT2D eigenvalue weighted by Crippen LogP contribution is -2.13. The lowest BCUT2D eigenvalue weighted by atomic mass is 9.96. The maximum atomic E-state index is 12.8. The Bertz CT molecular complexity index is 319. The van der Waals surface area contributed by atoms with Gasteiger partial charge < -0.3 is 5.73 Å². The number of aromatic nitrogens is 2. The Kier molecular flexibility index (Phi) is 2.82. The molecule has 0 bridgehead atoms. The third-order valence-electron chi connectivity index (χ3n) is 2.81. The molecular formula is C10H16FN3. The number of rotatable bonds is 3. The number of hydrogen-bond acceptors (Lipinski definition) is 2. The molecule has 0 spiro atoms. The van der Waals surface area contributed by atoms with Gasteiger partial charge in [-0.3, -0.25) is 4.68 Å². The maximum absolute atomic E-state index is 12.8. The van der Waals surface area contributed by atoms with Crippen molar-refractivity contribution in [3.05, 3.63) is 17.0 Å². The number of aryl methyl sites for hydroxylation is 1. The molecule has 78 valence electrons. The molecule has 0 fully saturated rings. The van der Waals surface area contributed by atoms with E-state index in [1.165, 1.54) is 6.42 Å². The molecule has 0 amide bonds. The van der Waals surface area contributed by atoms with Gasteiger partial charge in [0.25, 0.3) is 0 Å². The molecule has 14 heavy (non-hydrogen) atoms. The van der Waals surface area contributed by atoms with Crippen LogP contribution in [0.5, 0.6) is 0 Å². The highest BCUT2D eigenvalue weighted by atomic mass is 19.1. The Morgan fingerprint density at radius 2 is 2.14 bits per heavy atom. The quantitative estimate of drug-likeness (QED) is 0.791. The van der Waals surface area contributed by atoms with Crippen molar-refractivity contribution in [2.24, 2.45) is 5.73 Å². The van der Waals surface area contributed by atoms with Gasteiger partial charge in [-0.1, -0.05) is 0 Å². The highest BCUT2D eigenvalue weighted by Crippen LogP contribution is 2.24. The topological polar surface area (TPSA) is 43.8 Å². The van der Waals surface area contributed by atoms with Crippen LogP contribution in [0.1, 0.15) is 29.8 Å². The third-order valence-corrected chi connectivity index (χ3v) is 2.81. The van der Waals surface area contributed by atoms with E-state index in [1.54, 1.807) is 4.68 Å². The van der Waals surface area contributed by atoms with Crippen LogP contribution in [0.15, 0.2) is 0 Å². The van der Waals surface area contributed by atoms with Gasteiger partial charge in [-0.05, 0) is 31.2 Å². The second kappa shape index (κ2) is 4.09. The Morgan fingerprint density at radius 1 is 1.36 bits per heavy atom. The SMILES string of the molecule is NCCn1nc2c(c1CF)CCCC2. The molecule has 0 atom stereocenters. The lowest BCUT2D eigenvalue weighted by molar-refractivity contribution is 0.442. The van der Waals surface area contributed by atoms with Crippen LogP contribution in [-0.4, -0.2) is 16.3 Å². The van der Waals surface area contributed by atoms with Crippen LogP contribution in [-0.2, 0) is 26.1 Å². The van der Waals surface area contributed by atoms with Gasteiger partial charge in [0.1, 0.15) is 6.67 Å². The minimum atomic E-state index is -0.414. The molecule has 0 aromatic carbocycles. The van der Waals surface area contributed by atoms with Crippen LogP contribution in [0.25, 0.3) is 0 Å². The summed E-state index contributed by atoms with van der Waals surface area (Å²) in [5.74, 6) is 0. The summed E-state index contributed by atoms with van der Waals surface area (Å²) in [7, 11) is 0. The van der Waals surface area contributed by atoms with E-state index in [1.807, 2.05) is 0 Å². The van der Waals surface area contributed by atoms with Crippen molar-refractivity contribution < 1.29 is 4.39 Å². The largest absolute Gasteiger partial charge is 0.329 e. The lowest BCUT2D eigenvalue weighted by Gasteiger charge is -2.09. The number of halogens is 1. The van der Waals surface area contributed by atoms with E-state index < -0.39 is 6.67 Å². The molecule has 2 rings (SSSR count). The van der Waals surface area contributed by atoms with Crippen molar-refractivity contribution in [1.29, 1.82) is 0 Å². The fourth-order valence-corrected chi connectivity index (χ4v) is 2.13. The molecule has 3 nitrogen and oxygen atoms in total. The Hall–Kier alpha value is -0.900. The zero-order valence-electron chi connectivity index (χ0n) is 8.30. The van der Waals surface area contributed by atoms with E-state index in [9.17, 15) is 4.39 Å². The molecule has 4 heteroatoms. The van der Waals surface area contributed by atoms with E-state index in [2.05, 4.69) is 5.10 Å². The molecule has 1 aromatic heterocycles. The summed E-state index contributed by atoms with van der Waals surface area (Å²) in [5, 5.41) is 4.41. The second-order valence-corrected chi connectivity index (χ2v) is 3.72. The molecule has 1 aromatic rings. The number of alkyl halides is 1. The van der Waals surface area contributed by atoms with E-state index in [4.69, 9.17) is 5.73 Å². The zero-order valence-corrected chi connectivity index (χ0v) is 8.30. The molecule has 0 radical (unpaired) electrons. The van der Waals surface area contributed by atoms with Gasteiger partial charge in [-0.2, -0.15) is 5.10 Å². The van der Waals surface area contributed by atoms with Gasteiger partial charge in [0, 0.05) is 6.54 Å². The van der Waals surface area contributed by atoms with Gasteiger partial charge in [0.15, 0.2) is 0 Å². The van der Waals surface area contributed by atoms with Crippen molar-refractivity contribution in [3.63, 3.8) is 0 Å². The van der Waals surface area contributed by atoms with E-state index >= 15 is 0 Å². The number of nitrogens with two attached hydrogens (primary N) is 1. The molecule has 0 aliphatic heterocycles. The molecule has 1 heterocycles. The molecule has 1 aliphatic rings. The minimum Gasteiger partial charge on any atom is -0.329 e. The zero-order chi connectivity index (χ0) is 9.97. The number of nitrogens with zero attached hydrogens (tertiary/aromatic N) is 2. The van der Waals surface area contributed by atoms with Crippen molar-refractivity contribution in [3.8, 4) is 0 Å². The first-order chi connectivity index (χ1) is 6.86. The predicted octanol–water partition coefficient (Wildman–Crippen LogP) is 1.19. The van der Waals surface area contributed by atoms with Crippen molar-refractivity contribution in [2.45, 2.75) is 38.9 Å². The second-order valence-electron chi connectivity index (χ2n) is 3.72. The van der Waals surface area contributed by atoms with Crippen LogP contribution in [0.4, 0.5) is 4.39 Å². The van der Waals surface area contributed by atoms with Gasteiger partial charge in [-0.25, -0.2) is 4.39 Å². The Labute approximate surface area is 83.1 Å². The predicted molar refractivity (Wildman–Crippen MR) is 52.7 cm³/mol. The molecular weight excluding hydrogens is 181 g/mol. The van der Waals surface area contributed by atoms with Crippen LogP contribution in [0, 0.1) is 0 Å². The summed E-state index contributed by atoms with van der Waals surface area (Å²) in [4.78, 5) is 0. The smallest absolute Gasteiger partial charge is 0.131 e. The highest BCUT2D eigenvalue weighted by molar-refractivity contribution is 5.28. The van der Waals surface area contributed by atoms with Gasteiger partial charge in [-0.15, -0.1) is 0 Å². The Balaban J connectivity index is 2.36. The Morgan fingerprint density at radius 3 is 2.86 bits per heavy atom. The minimum absolute atomic E-state index is 0.414. The van der Waals surface area contributed by atoms with Gasteiger partial charge in [0.2, 0.25) is 0 Å². The first-order valence-corrected chi connectivity index (χ1v) is 5.20. The van der Waals surface area contributed by atoms with Crippen LogP contribution in [0.3, 0.4) is 0 Å². The van der Waals surface area contributed by atoms with E-state index in [0.29, 0.717) is 13.1 Å². The average molecular weight is 197 g/mol. The summed E-state index contributed by atoms with van der Waals surface area (Å²) in [6.45, 7) is 0.738. The molecule has 2 N–H and O–H groups in total. The molecule has 0 saturated carbocycles. The summed E-state index contributed by atoms with van der Waals surface area (Å²) in [6.07, 6.45) is 4.33. The first-order valence-electron chi connectivity index (χ1n) is 5.20. The van der Waals surface area contributed by atoms with Crippen LogP contribution in [0.2, 0.25) is 0 Å². The number of hydrogen-bond donors (Lipinski definition) is 1. The maximum Gasteiger partial charge on any atom is 0.131 e. The molecule has 0 unspecified atom stereocenters. The standard InChI is InChI=1S/C10H16FN3/c11-7-10-8-3-1-2-4-9(8)13-14(10)6-5-12/h1-7,12H2. The summed E-state index contributed by atoms with van der Waals surface area (Å²) in [6, 6.07) is 0. The van der Waals surface area contributed by atoms with Crippen molar-refractivity contribution >= 4 is 0 Å².